The number of ether oxygens (including phenoxy) is 2. The van der Waals surface area contributed by atoms with Gasteiger partial charge in [-0.1, -0.05) is 18.2 Å². The van der Waals surface area contributed by atoms with Crippen molar-refractivity contribution in [2.75, 3.05) is 7.11 Å². The number of esters is 2. The van der Waals surface area contributed by atoms with E-state index in [1.165, 1.54) is 31.4 Å². The number of cyclic esters (lactones) is 1. The van der Waals surface area contributed by atoms with Crippen LogP contribution < -0.4 is 5.23 Å². The summed E-state index contributed by atoms with van der Waals surface area (Å²) in [6, 6.07) is 12.6. The van der Waals surface area contributed by atoms with Crippen molar-refractivity contribution in [2.24, 2.45) is 0 Å². The highest BCUT2D eigenvalue weighted by Gasteiger charge is 2.41. The lowest BCUT2D eigenvalue weighted by Crippen LogP contribution is -2.99. The lowest BCUT2D eigenvalue weighted by molar-refractivity contribution is -0.991. The Labute approximate surface area is 137 Å². The van der Waals surface area contributed by atoms with Crippen molar-refractivity contribution in [3.05, 3.63) is 70.4 Å². The highest BCUT2D eigenvalue weighted by Crippen LogP contribution is 2.41. The zero-order chi connectivity index (χ0) is 17.3. The van der Waals surface area contributed by atoms with Gasteiger partial charge in [-0.3, -0.25) is 4.79 Å². The SMILES string of the molecule is COC(=O)[C@H]1c2ccccc2C(=O)O[C@@H]1c1ccc([NH+]([O-])O)cc1. The molecule has 0 aliphatic carbocycles. The normalized spacial score (nSPS) is 20.7. The van der Waals surface area contributed by atoms with Crippen molar-refractivity contribution in [2.45, 2.75) is 12.0 Å². The average Bonchev–Trinajstić information content (AvgIpc) is 2.61. The molecule has 0 amide bonds. The van der Waals surface area contributed by atoms with E-state index in [1.54, 1.807) is 24.3 Å². The third-order valence-electron chi connectivity index (χ3n) is 3.99. The van der Waals surface area contributed by atoms with Crippen molar-refractivity contribution >= 4 is 17.6 Å². The quantitative estimate of drug-likeness (QED) is 0.649. The fourth-order valence-corrected chi connectivity index (χ4v) is 2.82. The molecule has 2 N–H and O–H groups in total. The molecule has 1 heterocycles. The molecule has 0 radical (unpaired) electrons. The first-order chi connectivity index (χ1) is 11.5. The summed E-state index contributed by atoms with van der Waals surface area (Å²) in [6.07, 6.45) is -0.873. The number of benzene rings is 2. The third kappa shape index (κ3) is 2.76. The van der Waals surface area contributed by atoms with Gasteiger partial charge in [0.2, 0.25) is 0 Å². The van der Waals surface area contributed by atoms with Crippen LogP contribution in [0.2, 0.25) is 0 Å². The van der Waals surface area contributed by atoms with Crippen LogP contribution in [0.25, 0.3) is 0 Å². The Hall–Kier alpha value is -2.74. The fourth-order valence-electron chi connectivity index (χ4n) is 2.82. The monoisotopic (exact) mass is 329 g/mol. The molecule has 24 heavy (non-hydrogen) atoms. The summed E-state index contributed by atoms with van der Waals surface area (Å²) in [5.41, 5.74) is 1.49. The van der Waals surface area contributed by atoms with Gasteiger partial charge in [-0.2, -0.15) is 5.23 Å². The lowest BCUT2D eigenvalue weighted by atomic mass is 9.84. The third-order valence-corrected chi connectivity index (χ3v) is 3.99. The zero-order valence-electron chi connectivity index (χ0n) is 12.8. The summed E-state index contributed by atoms with van der Waals surface area (Å²) in [6.45, 7) is 0. The standard InChI is InChI=1S/C17H15NO6/c1-23-17(20)14-12-4-2-3-5-13(12)16(19)24-15(14)10-6-8-11(9-7-10)18(21)22/h2-9,14-15,18,21H,1H3/t14-,15+/m0/s1. The summed E-state index contributed by atoms with van der Waals surface area (Å²) in [5, 5.41) is 18.9. The molecule has 3 rings (SSSR count). The average molecular weight is 329 g/mol. The second-order valence-corrected chi connectivity index (χ2v) is 5.34. The van der Waals surface area contributed by atoms with E-state index in [9.17, 15) is 14.8 Å². The number of hydrogen-bond acceptors (Lipinski definition) is 6. The van der Waals surface area contributed by atoms with E-state index < -0.39 is 29.2 Å². The van der Waals surface area contributed by atoms with Crippen LogP contribution >= 0.6 is 0 Å². The first-order valence-electron chi connectivity index (χ1n) is 7.24. The molecule has 2 aromatic carbocycles. The van der Waals surface area contributed by atoms with Crippen molar-refractivity contribution in [3.63, 3.8) is 0 Å². The Bertz CT molecular complexity index is 771. The maximum Gasteiger partial charge on any atom is 0.339 e. The van der Waals surface area contributed by atoms with Gasteiger partial charge >= 0.3 is 11.9 Å². The molecule has 0 bridgehead atoms. The number of carbonyl (C=O) groups excluding carboxylic acids is 2. The zero-order valence-corrected chi connectivity index (χ0v) is 12.8. The van der Waals surface area contributed by atoms with Crippen LogP contribution in [0.5, 0.6) is 0 Å². The molecule has 0 saturated heterocycles. The Balaban J connectivity index is 2.06. The number of hydrogen-bond donors (Lipinski definition) is 2. The summed E-state index contributed by atoms with van der Waals surface area (Å²) in [7, 11) is 1.27. The molecule has 7 nitrogen and oxygen atoms in total. The van der Waals surface area contributed by atoms with Gasteiger partial charge in [0, 0.05) is 12.1 Å². The van der Waals surface area contributed by atoms with Crippen LogP contribution in [0, 0.1) is 5.21 Å². The van der Waals surface area contributed by atoms with E-state index in [1.807, 2.05) is 0 Å². The van der Waals surface area contributed by atoms with E-state index >= 15 is 0 Å². The molecule has 7 heteroatoms. The number of nitrogens with one attached hydrogen (secondary N) is 1. The van der Waals surface area contributed by atoms with E-state index in [2.05, 4.69) is 0 Å². The second-order valence-electron chi connectivity index (χ2n) is 5.34. The molecular weight excluding hydrogens is 314 g/mol. The van der Waals surface area contributed by atoms with Crippen LogP contribution in [0.15, 0.2) is 48.5 Å². The first kappa shape index (κ1) is 16.1. The topological polar surface area (TPSA) is 100 Å². The van der Waals surface area contributed by atoms with Gasteiger partial charge in [0.15, 0.2) is 5.69 Å². The van der Waals surface area contributed by atoms with E-state index in [0.717, 1.165) is 0 Å². The largest absolute Gasteiger partial charge is 0.595 e. The molecule has 1 unspecified atom stereocenters. The predicted octanol–water partition coefficient (Wildman–Crippen LogP) is 1.26. The second kappa shape index (κ2) is 6.40. The van der Waals surface area contributed by atoms with E-state index in [0.29, 0.717) is 16.7 Å². The number of rotatable bonds is 3. The Morgan fingerprint density at radius 1 is 1.21 bits per heavy atom. The molecule has 0 saturated carbocycles. The van der Waals surface area contributed by atoms with Crippen LogP contribution in [-0.2, 0) is 14.3 Å². The van der Waals surface area contributed by atoms with Gasteiger partial charge in [-0.15, -0.1) is 0 Å². The van der Waals surface area contributed by atoms with Crippen LogP contribution in [0.4, 0.5) is 5.69 Å². The Kier molecular flexibility index (Phi) is 4.30. The van der Waals surface area contributed by atoms with Crippen molar-refractivity contribution in [3.8, 4) is 0 Å². The van der Waals surface area contributed by atoms with Crippen molar-refractivity contribution in [1.29, 1.82) is 0 Å². The van der Waals surface area contributed by atoms with Gasteiger partial charge < -0.3 is 14.7 Å². The summed E-state index contributed by atoms with van der Waals surface area (Å²) in [4.78, 5) is 24.5. The first-order valence-corrected chi connectivity index (χ1v) is 7.24. The summed E-state index contributed by atoms with van der Waals surface area (Å²) >= 11 is 0. The summed E-state index contributed by atoms with van der Waals surface area (Å²) in [5.74, 6) is -1.86. The minimum Gasteiger partial charge on any atom is -0.595 e. The summed E-state index contributed by atoms with van der Waals surface area (Å²) < 4.78 is 10.3. The Morgan fingerprint density at radius 2 is 1.88 bits per heavy atom. The molecule has 3 atom stereocenters. The maximum atomic E-state index is 12.3. The highest BCUT2D eigenvalue weighted by molar-refractivity contribution is 5.96. The number of fused-ring (bicyclic) bond motifs is 1. The van der Waals surface area contributed by atoms with E-state index in [4.69, 9.17) is 14.7 Å². The van der Waals surface area contributed by atoms with Crippen LogP contribution in [0.3, 0.4) is 0 Å². The van der Waals surface area contributed by atoms with Crippen LogP contribution in [0.1, 0.15) is 33.5 Å². The smallest absolute Gasteiger partial charge is 0.339 e. The molecule has 0 fully saturated rings. The van der Waals surface area contributed by atoms with Crippen molar-refractivity contribution in [1.82, 2.24) is 0 Å². The lowest BCUT2D eigenvalue weighted by Gasteiger charge is -2.31. The molecule has 0 spiro atoms. The van der Waals surface area contributed by atoms with Gasteiger partial charge in [-0.25, -0.2) is 10.0 Å². The Morgan fingerprint density at radius 3 is 2.50 bits per heavy atom. The maximum absolute atomic E-state index is 12.3. The molecule has 2 aromatic rings. The minimum atomic E-state index is -1.06. The fraction of sp³-hybridized carbons (Fsp3) is 0.176. The minimum absolute atomic E-state index is 0.107. The van der Waals surface area contributed by atoms with Crippen LogP contribution in [-0.4, -0.2) is 24.3 Å². The number of carbonyl (C=O) groups is 2. The molecule has 1 aliphatic heterocycles. The predicted molar refractivity (Wildman–Crippen MR) is 81.6 cm³/mol. The van der Waals surface area contributed by atoms with Crippen molar-refractivity contribution < 1.29 is 29.5 Å². The molecule has 124 valence electrons. The van der Waals surface area contributed by atoms with Gasteiger partial charge in [0.05, 0.1) is 12.7 Å². The van der Waals surface area contributed by atoms with Gasteiger partial charge in [-0.05, 0) is 29.3 Å². The van der Waals surface area contributed by atoms with Gasteiger partial charge in [0.1, 0.15) is 12.0 Å². The molecular formula is C17H15NO6. The number of methoxy groups -OCH3 is 1. The van der Waals surface area contributed by atoms with Gasteiger partial charge in [0.25, 0.3) is 0 Å². The molecule has 1 aliphatic rings. The van der Waals surface area contributed by atoms with E-state index in [-0.39, 0.29) is 5.69 Å². The molecule has 0 aromatic heterocycles. The number of quaternary nitrogens is 1. The highest BCUT2D eigenvalue weighted by atomic mass is 16.8.